The first-order valence-corrected chi connectivity index (χ1v) is 24.6. The first kappa shape index (κ1) is 40.8. The molecule has 0 fully saturated rings. The van der Waals surface area contributed by atoms with E-state index in [9.17, 15) is 0 Å². The zero-order chi connectivity index (χ0) is 47.0. The topological polar surface area (TPSA) is 8.17 Å². The van der Waals surface area contributed by atoms with Crippen LogP contribution in [0.5, 0.6) is 0 Å². The van der Waals surface area contributed by atoms with Crippen molar-refractivity contribution < 1.29 is 0 Å². The summed E-state index contributed by atoms with van der Waals surface area (Å²) in [7, 11) is 0. The van der Waals surface area contributed by atoms with Crippen molar-refractivity contribution in [1.29, 1.82) is 0 Å². The molecule has 0 aliphatic carbocycles. The third-order valence-electron chi connectivity index (χ3n) is 14.9. The molecule has 0 radical (unpaired) electrons. The largest absolute Gasteiger partial charge is 0.337 e. The molecule has 2 nitrogen and oxygen atoms in total. The molecular weight excluding hydrogens is 857 g/mol. The van der Waals surface area contributed by atoms with E-state index in [1.807, 2.05) is 0 Å². The van der Waals surface area contributed by atoms with Crippen LogP contribution in [0, 0.1) is 0 Å². The van der Waals surface area contributed by atoms with Gasteiger partial charge >= 0.3 is 0 Å². The molecule has 2 heterocycles. The van der Waals surface area contributed by atoms with E-state index in [1.165, 1.54) is 103 Å². The molecule has 0 saturated carbocycles. The molecule has 1 aromatic heterocycles. The maximum Gasteiger partial charge on any atom is 0.0541 e. The summed E-state index contributed by atoms with van der Waals surface area (Å²) in [6.07, 6.45) is 8.64. The maximum atomic E-state index is 4.66. The van der Waals surface area contributed by atoms with Crippen molar-refractivity contribution in [3.63, 3.8) is 0 Å². The summed E-state index contributed by atoms with van der Waals surface area (Å²) in [5.74, 6) is 0. The van der Waals surface area contributed by atoms with Gasteiger partial charge in [0.1, 0.15) is 0 Å². The van der Waals surface area contributed by atoms with Gasteiger partial charge in [-0.2, -0.15) is 0 Å². The Balaban J connectivity index is 0.899. The number of nitrogens with zero attached hydrogens (tertiary/aromatic N) is 2. The Bertz CT molecular complexity index is 4370. The van der Waals surface area contributed by atoms with Crippen molar-refractivity contribution in [2.75, 3.05) is 11.4 Å². The lowest BCUT2D eigenvalue weighted by molar-refractivity contribution is 1.09. The summed E-state index contributed by atoms with van der Waals surface area (Å²) in [6.45, 7) is 5.36. The Morgan fingerprint density at radius 2 is 0.958 bits per heavy atom. The van der Waals surface area contributed by atoms with Crippen molar-refractivity contribution in [3.05, 3.63) is 267 Å². The van der Waals surface area contributed by atoms with Crippen molar-refractivity contribution in [1.82, 2.24) is 4.57 Å². The third kappa shape index (κ3) is 6.64. The second-order valence-electron chi connectivity index (χ2n) is 18.8. The number of aromatic nitrogens is 1. The number of para-hydroxylation sites is 1. The molecule has 0 amide bonds. The van der Waals surface area contributed by atoms with E-state index in [0.717, 1.165) is 33.8 Å². The van der Waals surface area contributed by atoms with E-state index in [2.05, 4.69) is 271 Å². The fourth-order valence-corrected chi connectivity index (χ4v) is 11.6. The smallest absolute Gasteiger partial charge is 0.0541 e. The number of allylic oxidation sites excluding steroid dienone is 4. The molecule has 1 aliphatic heterocycles. The highest BCUT2D eigenvalue weighted by Gasteiger charge is 2.21. The van der Waals surface area contributed by atoms with Gasteiger partial charge in [-0.1, -0.05) is 201 Å². The molecular formula is C69H46N2. The minimum atomic E-state index is 0.699. The van der Waals surface area contributed by atoms with E-state index in [4.69, 9.17) is 0 Å². The fourth-order valence-electron chi connectivity index (χ4n) is 11.6. The monoisotopic (exact) mass is 902 g/mol. The average Bonchev–Trinajstić information content (AvgIpc) is 3.80. The molecule has 2 heteroatoms. The standard InChI is InChI=1S/C69H46N2/c1-45-17-4-3-15-40-70(65-38-33-49(42-61(45)65)50-34-39-67-63(43-50)58-27-13-14-29-66(58)71(67)52-35-30-47(31-36-52)46-18-5-2-6-19-46)53-22-16-21-51(41-53)62-44-64-57-26-10-9-24-55(57)56-25-11-12-28-59(56)69(64)68-54-23-8-7-20-48(54)32-37-60(62)68/h2-39,41-44H,1,40H2/b15-3-,17-4-. The summed E-state index contributed by atoms with van der Waals surface area (Å²) < 4.78 is 2.39. The van der Waals surface area contributed by atoms with E-state index in [1.54, 1.807) is 0 Å². The molecule has 12 aromatic carbocycles. The molecule has 0 N–H and O–H groups in total. The van der Waals surface area contributed by atoms with Crippen molar-refractivity contribution in [2.24, 2.45) is 0 Å². The number of hydrogen-bond donors (Lipinski definition) is 0. The predicted octanol–water partition coefficient (Wildman–Crippen LogP) is 18.8. The highest BCUT2D eigenvalue weighted by atomic mass is 15.1. The summed E-state index contributed by atoms with van der Waals surface area (Å²) in [4.78, 5) is 2.44. The van der Waals surface area contributed by atoms with Crippen molar-refractivity contribution >= 4 is 92.6 Å². The molecule has 0 atom stereocenters. The molecule has 0 saturated heterocycles. The van der Waals surface area contributed by atoms with Crippen LogP contribution in [0.3, 0.4) is 0 Å². The summed E-state index contributed by atoms with van der Waals surface area (Å²) in [5, 5.41) is 15.2. The Morgan fingerprint density at radius 3 is 1.79 bits per heavy atom. The number of benzene rings is 12. The number of anilines is 2. The number of fused-ring (bicyclic) bond motifs is 14. The first-order chi connectivity index (χ1) is 35.1. The van der Waals surface area contributed by atoms with Crippen LogP contribution < -0.4 is 4.90 Å². The lowest BCUT2D eigenvalue weighted by Gasteiger charge is -2.27. The summed E-state index contributed by atoms with van der Waals surface area (Å²) >= 11 is 0. The highest BCUT2D eigenvalue weighted by molar-refractivity contribution is 6.36. The van der Waals surface area contributed by atoms with E-state index in [-0.39, 0.29) is 0 Å². The lowest BCUT2D eigenvalue weighted by Crippen LogP contribution is -2.18. The second-order valence-corrected chi connectivity index (χ2v) is 18.8. The van der Waals surface area contributed by atoms with E-state index < -0.39 is 0 Å². The molecule has 332 valence electrons. The zero-order valence-electron chi connectivity index (χ0n) is 39.1. The number of hydrogen-bond acceptors (Lipinski definition) is 1. The van der Waals surface area contributed by atoms with Crippen LogP contribution >= 0.6 is 0 Å². The second kappa shape index (κ2) is 16.5. The van der Waals surface area contributed by atoms with Crippen LogP contribution in [0.25, 0.3) is 120 Å². The SMILES string of the molecule is C=C1/C=C\C=C/CN(c2cccc(-c3cc4c5ccccc5c5ccccc5c4c4c3ccc3ccccc34)c2)c2ccc(-c3ccc4c(c3)c3ccccc3n4-c3ccc(-c4ccccc4)cc3)cc21. The van der Waals surface area contributed by atoms with Gasteiger partial charge in [-0.3, -0.25) is 0 Å². The third-order valence-corrected chi connectivity index (χ3v) is 14.9. The van der Waals surface area contributed by atoms with E-state index >= 15 is 0 Å². The number of rotatable bonds is 5. The predicted molar refractivity (Wildman–Crippen MR) is 305 cm³/mol. The first-order valence-electron chi connectivity index (χ1n) is 24.6. The van der Waals surface area contributed by atoms with Crippen LogP contribution in [0.2, 0.25) is 0 Å². The van der Waals surface area contributed by atoms with Gasteiger partial charge in [-0.25, -0.2) is 0 Å². The van der Waals surface area contributed by atoms with Gasteiger partial charge in [0.25, 0.3) is 0 Å². The zero-order valence-corrected chi connectivity index (χ0v) is 39.1. The fraction of sp³-hybridized carbons (Fsp3) is 0.0145. The normalized spacial score (nSPS) is 13.8. The van der Waals surface area contributed by atoms with Gasteiger partial charge in [-0.05, 0) is 153 Å². The van der Waals surface area contributed by atoms with Gasteiger partial charge in [0.05, 0.1) is 11.0 Å². The van der Waals surface area contributed by atoms with Crippen LogP contribution in [0.1, 0.15) is 5.56 Å². The molecule has 13 aromatic rings. The van der Waals surface area contributed by atoms with Gasteiger partial charge in [-0.15, -0.1) is 0 Å². The highest BCUT2D eigenvalue weighted by Crippen LogP contribution is 2.46. The molecule has 14 rings (SSSR count). The van der Waals surface area contributed by atoms with Gasteiger partial charge in [0, 0.05) is 39.9 Å². The molecule has 0 unspecified atom stereocenters. The summed E-state index contributed by atoms with van der Waals surface area (Å²) in [6, 6.07) is 85.1. The maximum absolute atomic E-state index is 4.66. The Hall–Kier alpha value is -9.24. The van der Waals surface area contributed by atoms with Crippen LogP contribution in [-0.4, -0.2) is 11.1 Å². The van der Waals surface area contributed by atoms with Crippen LogP contribution in [0.15, 0.2) is 261 Å². The summed E-state index contributed by atoms with van der Waals surface area (Å²) in [5.41, 5.74) is 15.0. The molecule has 0 bridgehead atoms. The Morgan fingerprint density at radius 1 is 0.338 bits per heavy atom. The average molecular weight is 903 g/mol. The molecule has 71 heavy (non-hydrogen) atoms. The Labute approximate surface area is 412 Å². The van der Waals surface area contributed by atoms with Gasteiger partial charge in [0.15, 0.2) is 0 Å². The lowest BCUT2D eigenvalue weighted by atomic mass is 9.85. The van der Waals surface area contributed by atoms with Crippen molar-refractivity contribution in [3.8, 4) is 39.1 Å². The van der Waals surface area contributed by atoms with Gasteiger partial charge < -0.3 is 9.47 Å². The Kier molecular flexibility index (Phi) is 9.47. The quantitative estimate of drug-likeness (QED) is 0.156. The van der Waals surface area contributed by atoms with E-state index in [0.29, 0.717) is 6.54 Å². The van der Waals surface area contributed by atoms with Gasteiger partial charge in [0.2, 0.25) is 0 Å². The molecule has 1 aliphatic rings. The minimum Gasteiger partial charge on any atom is -0.337 e. The minimum absolute atomic E-state index is 0.699. The van der Waals surface area contributed by atoms with Crippen molar-refractivity contribution in [2.45, 2.75) is 0 Å². The van der Waals surface area contributed by atoms with Crippen LogP contribution in [-0.2, 0) is 0 Å². The van der Waals surface area contributed by atoms with Crippen LogP contribution in [0.4, 0.5) is 11.4 Å². The molecule has 0 spiro atoms.